The molecule has 0 fully saturated rings. The summed E-state index contributed by atoms with van der Waals surface area (Å²) in [6.07, 6.45) is 3.32. The first-order chi connectivity index (χ1) is 8.65. The van der Waals surface area contributed by atoms with Crippen LogP contribution in [0.1, 0.15) is 15.9 Å². The number of hydrogen-bond acceptors (Lipinski definition) is 3. The molecule has 0 saturated carbocycles. The number of aryl methyl sites for hydroxylation is 1. The van der Waals surface area contributed by atoms with E-state index in [-0.39, 0.29) is 5.91 Å². The van der Waals surface area contributed by atoms with Crippen molar-refractivity contribution >= 4 is 11.6 Å². The zero-order chi connectivity index (χ0) is 13.0. The van der Waals surface area contributed by atoms with Crippen molar-refractivity contribution in [1.29, 1.82) is 0 Å². The topological polar surface area (TPSA) is 72.9 Å². The van der Waals surface area contributed by atoms with Gasteiger partial charge < -0.3 is 11.1 Å². The number of nitrogen functional groups attached to an aromatic ring is 1. The number of nitrogens with two attached hydrogens (primary N) is 1. The summed E-state index contributed by atoms with van der Waals surface area (Å²) in [5.74, 6) is -0.0705. The molecule has 1 aromatic carbocycles. The van der Waals surface area contributed by atoms with E-state index >= 15 is 0 Å². The molecule has 0 bridgehead atoms. The van der Waals surface area contributed by atoms with Crippen molar-refractivity contribution in [2.75, 3.05) is 12.3 Å². The monoisotopic (exact) mass is 244 g/mol. The minimum absolute atomic E-state index is 0.0705. The fourth-order valence-corrected chi connectivity index (χ4v) is 1.67. The molecule has 0 unspecified atom stereocenters. The summed E-state index contributed by atoms with van der Waals surface area (Å²) in [6, 6.07) is 7.50. The Balaban J connectivity index is 1.85. The summed E-state index contributed by atoms with van der Waals surface area (Å²) in [5, 5.41) is 6.88. The van der Waals surface area contributed by atoms with E-state index in [0.717, 1.165) is 5.56 Å². The Bertz CT molecular complexity index is 547. The van der Waals surface area contributed by atoms with Crippen LogP contribution in [0.15, 0.2) is 36.7 Å². The van der Waals surface area contributed by atoms with Gasteiger partial charge in [-0.25, -0.2) is 0 Å². The average molecular weight is 244 g/mol. The number of carbonyl (C=O) groups excluding carboxylic acids is 1. The van der Waals surface area contributed by atoms with Gasteiger partial charge in [0.25, 0.3) is 5.91 Å². The highest BCUT2D eigenvalue weighted by atomic mass is 16.1. The Hall–Kier alpha value is -2.30. The zero-order valence-corrected chi connectivity index (χ0v) is 10.3. The number of nitrogens with zero attached hydrogens (tertiary/aromatic N) is 2. The number of benzene rings is 1. The molecule has 1 amide bonds. The van der Waals surface area contributed by atoms with Crippen LogP contribution >= 0.6 is 0 Å². The van der Waals surface area contributed by atoms with Crippen LogP contribution in [0.25, 0.3) is 0 Å². The predicted molar refractivity (Wildman–Crippen MR) is 70.2 cm³/mol. The predicted octanol–water partition coefficient (Wildman–Crippen LogP) is 1.20. The Morgan fingerprint density at radius 2 is 2.33 bits per heavy atom. The van der Waals surface area contributed by atoms with Crippen LogP contribution in [0.2, 0.25) is 0 Å². The molecule has 0 saturated heterocycles. The van der Waals surface area contributed by atoms with Gasteiger partial charge in [0, 0.05) is 18.3 Å². The number of nitrogens with one attached hydrogen (secondary N) is 1. The number of rotatable bonds is 4. The summed E-state index contributed by atoms with van der Waals surface area (Å²) in [4.78, 5) is 11.8. The second-order valence-corrected chi connectivity index (χ2v) is 4.16. The van der Waals surface area contributed by atoms with E-state index in [1.807, 2.05) is 25.1 Å². The molecule has 18 heavy (non-hydrogen) atoms. The molecule has 5 nitrogen and oxygen atoms in total. The van der Waals surface area contributed by atoms with Gasteiger partial charge in [0.05, 0.1) is 18.4 Å². The lowest BCUT2D eigenvalue weighted by atomic mass is 10.1. The van der Waals surface area contributed by atoms with Gasteiger partial charge in [-0.1, -0.05) is 17.7 Å². The molecule has 0 aliphatic heterocycles. The summed E-state index contributed by atoms with van der Waals surface area (Å²) in [5.41, 5.74) is 7.92. The van der Waals surface area contributed by atoms with E-state index < -0.39 is 0 Å². The van der Waals surface area contributed by atoms with Crippen molar-refractivity contribution in [2.45, 2.75) is 13.5 Å². The van der Waals surface area contributed by atoms with Gasteiger partial charge >= 0.3 is 0 Å². The van der Waals surface area contributed by atoms with E-state index in [0.29, 0.717) is 24.3 Å². The van der Waals surface area contributed by atoms with Crippen molar-refractivity contribution in [3.8, 4) is 0 Å². The lowest BCUT2D eigenvalue weighted by molar-refractivity contribution is 0.0952. The van der Waals surface area contributed by atoms with Crippen molar-refractivity contribution in [3.05, 3.63) is 47.8 Å². The van der Waals surface area contributed by atoms with Gasteiger partial charge in [-0.15, -0.1) is 0 Å². The van der Waals surface area contributed by atoms with Gasteiger partial charge in [-0.3, -0.25) is 9.48 Å². The van der Waals surface area contributed by atoms with Crippen LogP contribution in [-0.4, -0.2) is 22.2 Å². The minimum Gasteiger partial charge on any atom is -0.396 e. The molecule has 0 atom stereocenters. The van der Waals surface area contributed by atoms with Crippen LogP contribution < -0.4 is 11.1 Å². The Morgan fingerprint density at radius 3 is 3.00 bits per heavy atom. The van der Waals surface area contributed by atoms with Crippen molar-refractivity contribution in [1.82, 2.24) is 15.1 Å². The average Bonchev–Trinajstić information content (AvgIpc) is 2.75. The van der Waals surface area contributed by atoms with Crippen molar-refractivity contribution in [2.24, 2.45) is 0 Å². The summed E-state index contributed by atoms with van der Waals surface area (Å²) in [7, 11) is 0. The largest absolute Gasteiger partial charge is 0.396 e. The lowest BCUT2D eigenvalue weighted by Crippen LogP contribution is -2.27. The molecule has 1 heterocycles. The maximum absolute atomic E-state index is 11.8. The normalized spacial score (nSPS) is 10.3. The van der Waals surface area contributed by atoms with E-state index in [1.54, 1.807) is 23.1 Å². The molecule has 0 radical (unpaired) electrons. The second kappa shape index (κ2) is 5.35. The van der Waals surface area contributed by atoms with Crippen LogP contribution in [0.5, 0.6) is 0 Å². The first-order valence-corrected chi connectivity index (χ1v) is 5.78. The standard InChI is InChI=1S/C13H16N4O/c1-10-3-2-4-11(7-10)13(18)15-5-6-17-9-12(14)8-16-17/h2-4,7-9H,5-6,14H2,1H3,(H,15,18). The molecular weight excluding hydrogens is 228 g/mol. The molecule has 94 valence electrons. The van der Waals surface area contributed by atoms with E-state index in [4.69, 9.17) is 5.73 Å². The third-order valence-electron chi connectivity index (χ3n) is 2.56. The molecule has 2 aromatic rings. The fraction of sp³-hybridized carbons (Fsp3) is 0.231. The van der Waals surface area contributed by atoms with Crippen LogP contribution in [0.3, 0.4) is 0 Å². The highest BCUT2D eigenvalue weighted by Crippen LogP contribution is 2.03. The Kier molecular flexibility index (Phi) is 3.62. The van der Waals surface area contributed by atoms with E-state index in [9.17, 15) is 4.79 Å². The van der Waals surface area contributed by atoms with E-state index in [1.165, 1.54) is 0 Å². The van der Waals surface area contributed by atoms with Gasteiger partial charge in [0.1, 0.15) is 0 Å². The highest BCUT2D eigenvalue weighted by molar-refractivity contribution is 5.94. The maximum atomic E-state index is 11.8. The van der Waals surface area contributed by atoms with Crippen LogP contribution in [0.4, 0.5) is 5.69 Å². The van der Waals surface area contributed by atoms with Gasteiger partial charge in [0.2, 0.25) is 0 Å². The van der Waals surface area contributed by atoms with Gasteiger partial charge in [-0.05, 0) is 19.1 Å². The van der Waals surface area contributed by atoms with Crippen LogP contribution in [-0.2, 0) is 6.54 Å². The number of carbonyl (C=O) groups is 1. The van der Waals surface area contributed by atoms with Crippen molar-refractivity contribution in [3.63, 3.8) is 0 Å². The lowest BCUT2D eigenvalue weighted by Gasteiger charge is -2.06. The first-order valence-electron chi connectivity index (χ1n) is 5.78. The highest BCUT2D eigenvalue weighted by Gasteiger charge is 2.04. The molecule has 5 heteroatoms. The number of amides is 1. The molecule has 1 aromatic heterocycles. The smallest absolute Gasteiger partial charge is 0.251 e. The summed E-state index contributed by atoms with van der Waals surface area (Å²) >= 11 is 0. The quantitative estimate of drug-likeness (QED) is 0.849. The molecule has 0 spiro atoms. The molecule has 3 N–H and O–H groups in total. The molecule has 0 aliphatic carbocycles. The summed E-state index contributed by atoms with van der Waals surface area (Å²) < 4.78 is 1.70. The Morgan fingerprint density at radius 1 is 1.50 bits per heavy atom. The number of anilines is 1. The van der Waals surface area contributed by atoms with Gasteiger partial charge in [0.15, 0.2) is 0 Å². The number of hydrogen-bond donors (Lipinski definition) is 2. The third kappa shape index (κ3) is 3.10. The molecule has 0 aliphatic rings. The maximum Gasteiger partial charge on any atom is 0.251 e. The first kappa shape index (κ1) is 12.2. The second-order valence-electron chi connectivity index (χ2n) is 4.16. The van der Waals surface area contributed by atoms with Crippen molar-refractivity contribution < 1.29 is 4.79 Å². The Labute approximate surface area is 106 Å². The van der Waals surface area contributed by atoms with Gasteiger partial charge in [-0.2, -0.15) is 5.10 Å². The molecule has 2 rings (SSSR count). The summed E-state index contributed by atoms with van der Waals surface area (Å²) in [6.45, 7) is 3.09. The van der Waals surface area contributed by atoms with E-state index in [2.05, 4.69) is 10.4 Å². The number of aromatic nitrogens is 2. The third-order valence-corrected chi connectivity index (χ3v) is 2.56. The zero-order valence-electron chi connectivity index (χ0n) is 10.3. The SMILES string of the molecule is Cc1cccc(C(=O)NCCn2cc(N)cn2)c1. The minimum atomic E-state index is -0.0705. The fourth-order valence-electron chi connectivity index (χ4n) is 1.67. The molecular formula is C13H16N4O. The van der Waals surface area contributed by atoms with Crippen LogP contribution in [0, 0.1) is 6.92 Å².